The molecule has 0 unspecified atom stereocenters. The molecule has 0 radical (unpaired) electrons. The molecule has 0 atom stereocenters. The minimum atomic E-state index is -3.79. The van der Waals surface area contributed by atoms with Crippen LogP contribution in [-0.2, 0) is 24.3 Å². The van der Waals surface area contributed by atoms with E-state index in [-0.39, 0.29) is 31.7 Å². The molecule has 7 heteroatoms. The van der Waals surface area contributed by atoms with Crippen molar-refractivity contribution in [1.29, 1.82) is 0 Å². The first-order chi connectivity index (χ1) is 7.73. The Bertz CT molecular complexity index is 416. The van der Waals surface area contributed by atoms with E-state index in [4.69, 9.17) is 0 Å². The fourth-order valence-corrected chi connectivity index (χ4v) is 3.25. The number of methoxy groups -OCH3 is 1. The summed E-state index contributed by atoms with van der Waals surface area (Å²) in [5.74, 6) is -0.748. The van der Waals surface area contributed by atoms with Gasteiger partial charge in [0.25, 0.3) is 0 Å². The van der Waals surface area contributed by atoms with Gasteiger partial charge in [-0.2, -0.15) is 0 Å². The lowest BCUT2D eigenvalue weighted by atomic mass is 10.1. The zero-order valence-electron chi connectivity index (χ0n) is 10.2. The van der Waals surface area contributed by atoms with E-state index in [0.29, 0.717) is 0 Å². The van der Waals surface area contributed by atoms with E-state index in [1.54, 1.807) is 0 Å². The number of nitrogens with zero attached hydrogens (tertiary/aromatic N) is 1. The highest BCUT2D eigenvalue weighted by atomic mass is 32.2. The van der Waals surface area contributed by atoms with E-state index in [9.17, 15) is 18.0 Å². The van der Waals surface area contributed by atoms with Gasteiger partial charge in [-0.05, 0) is 13.8 Å². The van der Waals surface area contributed by atoms with E-state index < -0.39 is 20.7 Å². The molecule has 0 aromatic carbocycles. The van der Waals surface area contributed by atoms with Crippen LogP contribution in [0.2, 0.25) is 0 Å². The van der Waals surface area contributed by atoms with Gasteiger partial charge >= 0.3 is 5.97 Å². The summed E-state index contributed by atoms with van der Waals surface area (Å²) in [6.45, 7) is 2.90. The topological polar surface area (TPSA) is 80.8 Å². The summed E-state index contributed by atoms with van der Waals surface area (Å²) in [6.07, 6.45) is 0.410. The molecule has 1 aliphatic rings. The van der Waals surface area contributed by atoms with Gasteiger partial charge in [-0.3, -0.25) is 9.59 Å². The Hall–Kier alpha value is -0.950. The maximum absolute atomic E-state index is 12.2. The maximum atomic E-state index is 12.2. The first-order valence-electron chi connectivity index (χ1n) is 5.33. The number of sulfonamides is 1. The summed E-state index contributed by atoms with van der Waals surface area (Å²) < 4.78 is 28.5. The molecule has 17 heavy (non-hydrogen) atoms. The molecule has 0 saturated carbocycles. The van der Waals surface area contributed by atoms with Crippen LogP contribution in [0.5, 0.6) is 0 Å². The highest BCUT2D eigenvalue weighted by Crippen LogP contribution is 2.24. The molecule has 6 nitrogen and oxygen atoms in total. The predicted molar refractivity (Wildman–Crippen MR) is 60.8 cm³/mol. The van der Waals surface area contributed by atoms with Crippen molar-refractivity contribution in [2.24, 2.45) is 0 Å². The molecule has 1 rings (SSSR count). The molecular weight excluding hydrogens is 246 g/mol. The summed E-state index contributed by atoms with van der Waals surface area (Å²) in [6, 6.07) is 0. The summed E-state index contributed by atoms with van der Waals surface area (Å²) in [7, 11) is -2.64. The maximum Gasteiger partial charge on any atom is 0.328 e. The number of rotatable bonds is 3. The SMILES string of the molecule is COC(=O)C(C)(C)S(=O)(=O)N1CCC(=O)CC1. The van der Waals surface area contributed by atoms with Crippen LogP contribution in [0.15, 0.2) is 0 Å². The number of hydrogen-bond acceptors (Lipinski definition) is 5. The Morgan fingerprint density at radius 3 is 2.18 bits per heavy atom. The van der Waals surface area contributed by atoms with Crippen LogP contribution in [0.25, 0.3) is 0 Å². The monoisotopic (exact) mass is 263 g/mol. The molecule has 1 aliphatic heterocycles. The minimum Gasteiger partial charge on any atom is -0.468 e. The molecule has 0 aliphatic carbocycles. The minimum absolute atomic E-state index is 0.0484. The zero-order chi connectivity index (χ0) is 13.3. The van der Waals surface area contributed by atoms with Crippen molar-refractivity contribution in [2.45, 2.75) is 31.4 Å². The third-order valence-corrected chi connectivity index (χ3v) is 5.44. The van der Waals surface area contributed by atoms with E-state index in [2.05, 4.69) is 4.74 Å². The number of hydrogen-bond donors (Lipinski definition) is 0. The average Bonchev–Trinajstić information content (AvgIpc) is 2.28. The van der Waals surface area contributed by atoms with Crippen molar-refractivity contribution in [3.05, 3.63) is 0 Å². The summed E-state index contributed by atoms with van der Waals surface area (Å²) in [5.41, 5.74) is 0. The third-order valence-electron chi connectivity index (χ3n) is 2.94. The Kier molecular flexibility index (Phi) is 3.93. The summed E-state index contributed by atoms with van der Waals surface area (Å²) in [5, 5.41) is 0. The number of carbonyl (C=O) groups is 2. The van der Waals surface area contributed by atoms with Crippen LogP contribution in [0.4, 0.5) is 0 Å². The summed E-state index contributed by atoms with van der Waals surface area (Å²) >= 11 is 0. The van der Waals surface area contributed by atoms with E-state index in [1.807, 2.05) is 0 Å². The van der Waals surface area contributed by atoms with Crippen LogP contribution in [0.1, 0.15) is 26.7 Å². The molecule has 1 fully saturated rings. The standard InChI is InChI=1S/C10H17NO5S/c1-10(2,9(13)16-3)17(14,15)11-6-4-8(12)5-7-11/h4-7H2,1-3H3. The van der Waals surface area contributed by atoms with Gasteiger partial charge in [0.05, 0.1) is 7.11 Å². The molecule has 0 amide bonds. The van der Waals surface area contributed by atoms with E-state index in [0.717, 1.165) is 7.11 Å². The fourth-order valence-electron chi connectivity index (χ4n) is 1.65. The van der Waals surface area contributed by atoms with Crippen molar-refractivity contribution < 1.29 is 22.7 Å². The second-order valence-electron chi connectivity index (χ2n) is 4.44. The van der Waals surface area contributed by atoms with Gasteiger partial charge in [0.2, 0.25) is 10.0 Å². The second-order valence-corrected chi connectivity index (χ2v) is 6.93. The van der Waals surface area contributed by atoms with E-state index in [1.165, 1.54) is 18.2 Å². The molecule has 0 bridgehead atoms. The molecule has 1 saturated heterocycles. The van der Waals surface area contributed by atoms with Gasteiger partial charge in [-0.25, -0.2) is 12.7 Å². The molecule has 98 valence electrons. The number of piperidine rings is 1. The number of ketones is 1. The lowest BCUT2D eigenvalue weighted by Gasteiger charge is -2.32. The average molecular weight is 263 g/mol. The molecule has 0 spiro atoms. The van der Waals surface area contributed by atoms with Gasteiger partial charge in [0, 0.05) is 25.9 Å². The Balaban J connectivity index is 2.95. The fraction of sp³-hybridized carbons (Fsp3) is 0.800. The zero-order valence-corrected chi connectivity index (χ0v) is 11.0. The van der Waals surface area contributed by atoms with E-state index >= 15 is 0 Å². The normalized spacial score (nSPS) is 19.1. The van der Waals surface area contributed by atoms with Gasteiger partial charge in [0.15, 0.2) is 4.75 Å². The third kappa shape index (κ3) is 2.50. The first kappa shape index (κ1) is 14.1. The van der Waals surface area contributed by atoms with Crippen molar-refractivity contribution in [1.82, 2.24) is 4.31 Å². The molecule has 0 aromatic rings. The van der Waals surface area contributed by atoms with Crippen molar-refractivity contribution in [2.75, 3.05) is 20.2 Å². The van der Waals surface area contributed by atoms with Gasteiger partial charge < -0.3 is 4.74 Å². The van der Waals surface area contributed by atoms with Gasteiger partial charge in [-0.1, -0.05) is 0 Å². The van der Waals surface area contributed by atoms with Crippen LogP contribution in [0, 0.1) is 0 Å². The Morgan fingerprint density at radius 2 is 1.76 bits per heavy atom. The van der Waals surface area contributed by atoms with Crippen molar-refractivity contribution in [3.63, 3.8) is 0 Å². The summed E-state index contributed by atoms with van der Waals surface area (Å²) in [4.78, 5) is 22.6. The lowest BCUT2D eigenvalue weighted by Crippen LogP contribution is -2.52. The number of carbonyl (C=O) groups excluding carboxylic acids is 2. The quantitative estimate of drug-likeness (QED) is 0.666. The largest absolute Gasteiger partial charge is 0.468 e. The van der Waals surface area contributed by atoms with Crippen LogP contribution < -0.4 is 0 Å². The highest BCUT2D eigenvalue weighted by molar-refractivity contribution is 7.91. The highest BCUT2D eigenvalue weighted by Gasteiger charge is 2.47. The second kappa shape index (κ2) is 4.73. The number of Topliss-reactive ketones (excluding diaryl/α,β-unsaturated/α-hetero) is 1. The van der Waals surface area contributed by atoms with Crippen LogP contribution in [-0.4, -0.2) is 49.4 Å². The number of esters is 1. The van der Waals surface area contributed by atoms with Crippen LogP contribution >= 0.6 is 0 Å². The smallest absolute Gasteiger partial charge is 0.328 e. The molecule has 1 heterocycles. The lowest BCUT2D eigenvalue weighted by molar-refractivity contribution is -0.142. The molecule has 0 N–H and O–H groups in total. The van der Waals surface area contributed by atoms with Gasteiger partial charge in [0.1, 0.15) is 5.78 Å². The molecule has 0 aromatic heterocycles. The predicted octanol–water partition coefficient (Wildman–Crippen LogP) is -0.0673. The Labute approximate surface area is 101 Å². The van der Waals surface area contributed by atoms with Crippen LogP contribution in [0.3, 0.4) is 0 Å². The number of ether oxygens (including phenoxy) is 1. The van der Waals surface area contributed by atoms with Gasteiger partial charge in [-0.15, -0.1) is 0 Å². The van der Waals surface area contributed by atoms with Crippen molar-refractivity contribution in [3.8, 4) is 0 Å². The Morgan fingerprint density at radius 1 is 1.29 bits per heavy atom. The molecular formula is C10H17NO5S. The van der Waals surface area contributed by atoms with Crippen molar-refractivity contribution >= 4 is 21.8 Å². The first-order valence-corrected chi connectivity index (χ1v) is 6.77.